The Kier molecular flexibility index (Phi) is 5.44. The van der Waals surface area contributed by atoms with E-state index < -0.39 is 5.56 Å². The predicted octanol–water partition coefficient (Wildman–Crippen LogP) is 3.38. The molecule has 0 amide bonds. The number of hydrogen-bond acceptors (Lipinski definition) is 4. The van der Waals surface area contributed by atoms with Gasteiger partial charge in [0.25, 0.3) is 5.56 Å². The largest absolute Gasteiger partial charge is 0.485 e. The minimum Gasteiger partial charge on any atom is -0.485 e. The van der Waals surface area contributed by atoms with E-state index >= 15 is 0 Å². The second kappa shape index (κ2) is 7.15. The van der Waals surface area contributed by atoms with Crippen molar-refractivity contribution in [2.75, 3.05) is 7.11 Å². The predicted molar refractivity (Wildman–Crippen MR) is 90.0 cm³/mol. The molecule has 0 saturated carbocycles. The van der Waals surface area contributed by atoms with Crippen molar-refractivity contribution in [1.82, 2.24) is 9.78 Å². The zero-order valence-corrected chi connectivity index (χ0v) is 14.6. The lowest BCUT2D eigenvalue weighted by molar-refractivity contribution is 0.115. The van der Waals surface area contributed by atoms with Crippen LogP contribution in [0.5, 0.6) is 5.75 Å². The van der Waals surface area contributed by atoms with Crippen LogP contribution in [-0.2, 0) is 23.5 Å². The fourth-order valence-corrected chi connectivity index (χ4v) is 2.23. The maximum atomic E-state index is 12.0. The van der Waals surface area contributed by atoms with Gasteiger partial charge in [-0.1, -0.05) is 56.6 Å². The summed E-state index contributed by atoms with van der Waals surface area (Å²) in [5.74, 6) is 0.268. The fraction of sp³-hybridized carbons (Fsp3) is 0.412. The summed E-state index contributed by atoms with van der Waals surface area (Å²) < 4.78 is 11.6. The molecule has 0 bridgehead atoms. The van der Waals surface area contributed by atoms with Gasteiger partial charge >= 0.3 is 0 Å². The molecule has 124 valence electrons. The highest BCUT2D eigenvalue weighted by Gasteiger charge is 2.13. The lowest BCUT2D eigenvalue weighted by Crippen LogP contribution is -2.24. The van der Waals surface area contributed by atoms with Crippen LogP contribution >= 0.6 is 11.6 Å². The van der Waals surface area contributed by atoms with Crippen LogP contribution in [0.15, 0.2) is 35.3 Å². The Balaban J connectivity index is 2.09. The third-order valence-corrected chi connectivity index (χ3v) is 3.77. The molecule has 5 nitrogen and oxygen atoms in total. The van der Waals surface area contributed by atoms with Crippen LogP contribution in [0.25, 0.3) is 0 Å². The number of methoxy groups -OCH3 is 1. The summed E-state index contributed by atoms with van der Waals surface area (Å²) >= 11 is 6.03. The molecule has 2 aromatic rings. The van der Waals surface area contributed by atoms with E-state index in [9.17, 15) is 4.79 Å². The van der Waals surface area contributed by atoms with Crippen molar-refractivity contribution in [2.45, 2.75) is 39.5 Å². The lowest BCUT2D eigenvalue weighted by atomic mass is 9.87. The van der Waals surface area contributed by atoms with Gasteiger partial charge in [0.05, 0.1) is 6.20 Å². The molecule has 1 aromatic carbocycles. The van der Waals surface area contributed by atoms with Gasteiger partial charge in [0, 0.05) is 7.11 Å². The van der Waals surface area contributed by atoms with E-state index in [1.807, 2.05) is 12.1 Å². The van der Waals surface area contributed by atoms with Crippen LogP contribution in [0.4, 0.5) is 0 Å². The summed E-state index contributed by atoms with van der Waals surface area (Å²) in [5, 5.41) is 3.96. The fourth-order valence-electron chi connectivity index (χ4n) is 2.03. The molecule has 0 fully saturated rings. The van der Waals surface area contributed by atoms with Gasteiger partial charge in [0.1, 0.15) is 13.3 Å². The maximum Gasteiger partial charge on any atom is 0.291 e. The van der Waals surface area contributed by atoms with Gasteiger partial charge in [-0.3, -0.25) is 4.79 Å². The minimum absolute atomic E-state index is 0.00311. The van der Waals surface area contributed by atoms with Crippen LogP contribution in [0.3, 0.4) is 0 Å². The molecule has 6 heteroatoms. The van der Waals surface area contributed by atoms with Crippen molar-refractivity contribution in [1.29, 1.82) is 0 Å². The van der Waals surface area contributed by atoms with E-state index in [-0.39, 0.29) is 22.9 Å². The topological polar surface area (TPSA) is 53.4 Å². The van der Waals surface area contributed by atoms with Crippen LogP contribution < -0.4 is 10.3 Å². The Morgan fingerprint density at radius 2 is 1.87 bits per heavy atom. The Bertz CT molecular complexity index is 718. The molecule has 0 saturated heterocycles. The van der Waals surface area contributed by atoms with E-state index in [1.54, 1.807) is 0 Å². The maximum absolute atomic E-state index is 12.0. The number of hydrogen-bond donors (Lipinski definition) is 0. The summed E-state index contributed by atoms with van der Waals surface area (Å²) in [4.78, 5) is 12.0. The Hall–Kier alpha value is -1.85. The van der Waals surface area contributed by atoms with Crippen molar-refractivity contribution in [3.63, 3.8) is 0 Å². The van der Waals surface area contributed by atoms with Crippen LogP contribution in [0, 0.1) is 0 Å². The molecule has 1 heterocycles. The van der Waals surface area contributed by atoms with Crippen LogP contribution in [0.1, 0.15) is 31.9 Å². The number of rotatable bonds is 5. The van der Waals surface area contributed by atoms with Crippen molar-refractivity contribution < 1.29 is 9.47 Å². The summed E-state index contributed by atoms with van der Waals surface area (Å²) in [7, 11) is 1.48. The molecule has 0 aliphatic carbocycles. The van der Waals surface area contributed by atoms with Crippen LogP contribution in [0.2, 0.25) is 5.02 Å². The molecule has 0 spiro atoms. The average molecular weight is 337 g/mol. The third kappa shape index (κ3) is 4.33. The zero-order valence-electron chi connectivity index (χ0n) is 13.8. The van der Waals surface area contributed by atoms with Crippen molar-refractivity contribution in [3.05, 3.63) is 57.0 Å². The molecule has 0 radical (unpaired) electrons. The SMILES string of the molecule is COCn1ncc(OCc2ccc(C(C)(C)C)cc2)c(Cl)c1=O. The van der Waals surface area contributed by atoms with Gasteiger partial charge in [-0.25, -0.2) is 4.68 Å². The number of halogens is 1. The van der Waals surface area contributed by atoms with E-state index in [0.29, 0.717) is 6.61 Å². The van der Waals surface area contributed by atoms with Gasteiger partial charge in [-0.15, -0.1) is 0 Å². The molecule has 0 aliphatic heterocycles. The van der Waals surface area contributed by atoms with Gasteiger partial charge in [0.15, 0.2) is 10.8 Å². The zero-order chi connectivity index (χ0) is 17.0. The Morgan fingerprint density at radius 3 is 2.43 bits per heavy atom. The Morgan fingerprint density at radius 1 is 1.22 bits per heavy atom. The number of benzene rings is 1. The van der Waals surface area contributed by atoms with E-state index in [1.165, 1.54) is 18.9 Å². The summed E-state index contributed by atoms with van der Waals surface area (Å²) in [6.07, 6.45) is 1.42. The molecule has 0 aliphatic rings. The molecule has 0 N–H and O–H groups in total. The number of aromatic nitrogens is 2. The molecule has 0 unspecified atom stereocenters. The van der Waals surface area contributed by atoms with Crippen molar-refractivity contribution >= 4 is 11.6 Å². The van der Waals surface area contributed by atoms with Gasteiger partial charge in [-0.2, -0.15) is 5.10 Å². The van der Waals surface area contributed by atoms with E-state index in [0.717, 1.165) is 10.2 Å². The highest BCUT2D eigenvalue weighted by Crippen LogP contribution is 2.23. The van der Waals surface area contributed by atoms with Crippen molar-refractivity contribution in [3.8, 4) is 5.75 Å². The molecule has 1 aromatic heterocycles. The molecule has 2 rings (SSSR count). The van der Waals surface area contributed by atoms with E-state index in [2.05, 4.69) is 38.0 Å². The standard InChI is InChI=1S/C17H21ClN2O3/c1-17(2,3)13-7-5-12(6-8-13)10-23-14-9-19-20(11-22-4)16(21)15(14)18/h5-9H,10-11H2,1-4H3. The summed E-state index contributed by atoms with van der Waals surface area (Å²) in [5.41, 5.74) is 1.92. The highest BCUT2D eigenvalue weighted by molar-refractivity contribution is 6.31. The van der Waals surface area contributed by atoms with E-state index in [4.69, 9.17) is 21.1 Å². The summed E-state index contributed by atoms with van der Waals surface area (Å²) in [6.45, 7) is 6.86. The number of ether oxygens (including phenoxy) is 2. The summed E-state index contributed by atoms with van der Waals surface area (Å²) in [6, 6.07) is 8.17. The first-order valence-electron chi connectivity index (χ1n) is 7.29. The lowest BCUT2D eigenvalue weighted by Gasteiger charge is -2.19. The normalized spacial score (nSPS) is 11.5. The molecular weight excluding hydrogens is 316 g/mol. The second-order valence-corrected chi connectivity index (χ2v) is 6.66. The average Bonchev–Trinajstić information content (AvgIpc) is 2.51. The monoisotopic (exact) mass is 336 g/mol. The first-order chi connectivity index (χ1) is 10.8. The molecular formula is C17H21ClN2O3. The smallest absolute Gasteiger partial charge is 0.291 e. The quantitative estimate of drug-likeness (QED) is 0.840. The minimum atomic E-state index is -0.436. The van der Waals surface area contributed by atoms with Gasteiger partial charge < -0.3 is 9.47 Å². The number of nitrogens with zero attached hydrogens (tertiary/aromatic N) is 2. The Labute approximate surface area is 140 Å². The van der Waals surface area contributed by atoms with Gasteiger partial charge in [-0.05, 0) is 16.5 Å². The van der Waals surface area contributed by atoms with Crippen molar-refractivity contribution in [2.24, 2.45) is 0 Å². The van der Waals surface area contributed by atoms with Crippen LogP contribution in [-0.4, -0.2) is 16.9 Å². The highest BCUT2D eigenvalue weighted by atomic mass is 35.5. The first kappa shape index (κ1) is 17.5. The second-order valence-electron chi connectivity index (χ2n) is 6.28. The van der Waals surface area contributed by atoms with Gasteiger partial charge in [0.2, 0.25) is 0 Å². The molecule has 23 heavy (non-hydrogen) atoms. The molecule has 0 atom stereocenters. The third-order valence-electron chi connectivity index (χ3n) is 3.42. The first-order valence-corrected chi connectivity index (χ1v) is 7.67.